The molecule has 0 fully saturated rings. The molecule has 2 N–H and O–H groups in total. The summed E-state index contributed by atoms with van der Waals surface area (Å²) in [5.74, 6) is 0. The number of hydrogen-bond acceptors (Lipinski definition) is 2. The van der Waals surface area contributed by atoms with Crippen molar-refractivity contribution in [2.45, 2.75) is 24.9 Å². The molecule has 2 atom stereocenters. The maximum atomic E-state index is 6.43. The smallest absolute Gasteiger partial charge is 0.0444 e. The summed E-state index contributed by atoms with van der Waals surface area (Å²) in [6.07, 6.45) is 0.883. The zero-order valence-electron chi connectivity index (χ0n) is 12.6. The van der Waals surface area contributed by atoms with E-state index in [1.165, 1.54) is 11.1 Å². The van der Waals surface area contributed by atoms with Crippen molar-refractivity contribution in [3.05, 3.63) is 71.8 Å². The van der Waals surface area contributed by atoms with Crippen LogP contribution in [0.1, 0.15) is 30.5 Å². The number of benzene rings is 2. The van der Waals surface area contributed by atoms with Crippen molar-refractivity contribution in [3.63, 3.8) is 0 Å². The van der Waals surface area contributed by atoms with Crippen LogP contribution >= 0.6 is 0 Å². The summed E-state index contributed by atoms with van der Waals surface area (Å²) in [5.41, 5.74) is 8.85. The number of hydrogen-bond donors (Lipinski definition) is 1. The van der Waals surface area contributed by atoms with Crippen LogP contribution in [0.2, 0.25) is 0 Å². The highest BCUT2D eigenvalue weighted by Gasteiger charge is 2.31. The third-order valence-corrected chi connectivity index (χ3v) is 4.23. The second kappa shape index (κ2) is 6.21. The van der Waals surface area contributed by atoms with Gasteiger partial charge in [0.25, 0.3) is 0 Å². The molecule has 2 heteroatoms. The lowest BCUT2D eigenvalue weighted by atomic mass is 9.83. The molecule has 0 saturated heterocycles. The van der Waals surface area contributed by atoms with Gasteiger partial charge in [0.05, 0.1) is 0 Å². The Hall–Kier alpha value is -1.64. The molecule has 106 valence electrons. The highest BCUT2D eigenvalue weighted by Crippen LogP contribution is 2.34. The lowest BCUT2D eigenvalue weighted by Crippen LogP contribution is -2.41. The van der Waals surface area contributed by atoms with E-state index in [4.69, 9.17) is 5.73 Å². The van der Waals surface area contributed by atoms with Gasteiger partial charge < -0.3 is 5.73 Å². The van der Waals surface area contributed by atoms with Crippen LogP contribution in [0.25, 0.3) is 0 Å². The first-order chi connectivity index (χ1) is 9.54. The molecule has 0 saturated carbocycles. The molecule has 2 aromatic rings. The highest BCUT2D eigenvalue weighted by atomic mass is 15.1. The Kier molecular flexibility index (Phi) is 4.58. The van der Waals surface area contributed by atoms with E-state index < -0.39 is 0 Å². The average Bonchev–Trinajstić information content (AvgIpc) is 2.48. The summed E-state index contributed by atoms with van der Waals surface area (Å²) >= 11 is 0. The van der Waals surface area contributed by atoms with Crippen molar-refractivity contribution in [2.24, 2.45) is 5.73 Å². The van der Waals surface area contributed by atoms with Gasteiger partial charge >= 0.3 is 0 Å². The molecule has 0 bridgehead atoms. The predicted octanol–water partition coefficient (Wildman–Crippen LogP) is 3.55. The van der Waals surface area contributed by atoms with Gasteiger partial charge in [-0.25, -0.2) is 0 Å². The monoisotopic (exact) mass is 268 g/mol. The standard InChI is InChI=1S/C18H24N2/c1-18(20(2)3,16-12-8-5-9-13-16)14-17(19)15-10-6-4-7-11-15/h4-13,17H,14,19H2,1-3H3. The van der Waals surface area contributed by atoms with Gasteiger partial charge in [-0.05, 0) is 38.6 Å². The van der Waals surface area contributed by atoms with E-state index in [1.54, 1.807) is 0 Å². The van der Waals surface area contributed by atoms with E-state index >= 15 is 0 Å². The van der Waals surface area contributed by atoms with E-state index in [-0.39, 0.29) is 11.6 Å². The van der Waals surface area contributed by atoms with Crippen LogP contribution in [0, 0.1) is 0 Å². The Balaban J connectivity index is 2.27. The first-order valence-corrected chi connectivity index (χ1v) is 7.07. The maximum absolute atomic E-state index is 6.43. The topological polar surface area (TPSA) is 29.3 Å². The van der Waals surface area contributed by atoms with Crippen molar-refractivity contribution in [1.82, 2.24) is 4.90 Å². The molecule has 0 amide bonds. The summed E-state index contributed by atoms with van der Waals surface area (Å²) in [5, 5.41) is 0. The summed E-state index contributed by atoms with van der Waals surface area (Å²) in [7, 11) is 4.23. The molecule has 0 spiro atoms. The third kappa shape index (κ3) is 3.09. The zero-order valence-corrected chi connectivity index (χ0v) is 12.6. The maximum Gasteiger partial charge on any atom is 0.0444 e. The van der Waals surface area contributed by atoms with Gasteiger partial charge in [0.2, 0.25) is 0 Å². The molecule has 2 aromatic carbocycles. The minimum atomic E-state index is -0.0729. The van der Waals surface area contributed by atoms with Crippen molar-refractivity contribution in [2.75, 3.05) is 14.1 Å². The quantitative estimate of drug-likeness (QED) is 0.898. The molecular weight excluding hydrogens is 244 g/mol. The van der Waals surface area contributed by atoms with Gasteiger partial charge in [0.15, 0.2) is 0 Å². The summed E-state index contributed by atoms with van der Waals surface area (Å²) in [6.45, 7) is 2.26. The number of nitrogens with zero attached hydrogens (tertiary/aromatic N) is 1. The van der Waals surface area contributed by atoms with Crippen molar-refractivity contribution in [1.29, 1.82) is 0 Å². The Morgan fingerprint density at radius 2 is 1.45 bits per heavy atom. The highest BCUT2D eigenvalue weighted by molar-refractivity contribution is 5.26. The Morgan fingerprint density at radius 1 is 0.950 bits per heavy atom. The normalized spacial score (nSPS) is 15.8. The van der Waals surface area contributed by atoms with Gasteiger partial charge in [0, 0.05) is 11.6 Å². The van der Waals surface area contributed by atoms with Crippen LogP contribution in [-0.2, 0) is 5.54 Å². The molecule has 20 heavy (non-hydrogen) atoms. The largest absolute Gasteiger partial charge is 0.324 e. The van der Waals surface area contributed by atoms with Crippen LogP contribution < -0.4 is 5.73 Å². The van der Waals surface area contributed by atoms with E-state index in [1.807, 2.05) is 18.2 Å². The Labute approximate surface area is 122 Å². The second-order valence-electron chi connectivity index (χ2n) is 5.76. The van der Waals surface area contributed by atoms with E-state index in [0.29, 0.717) is 0 Å². The summed E-state index contributed by atoms with van der Waals surface area (Å²) < 4.78 is 0. The van der Waals surface area contributed by atoms with Gasteiger partial charge in [-0.2, -0.15) is 0 Å². The minimum absolute atomic E-state index is 0.0313. The van der Waals surface area contributed by atoms with Crippen LogP contribution in [0.15, 0.2) is 60.7 Å². The first-order valence-electron chi connectivity index (χ1n) is 7.07. The van der Waals surface area contributed by atoms with Crippen molar-refractivity contribution >= 4 is 0 Å². The summed E-state index contributed by atoms with van der Waals surface area (Å²) in [4.78, 5) is 2.26. The molecule has 0 radical (unpaired) electrons. The molecule has 0 aliphatic heterocycles. The van der Waals surface area contributed by atoms with Crippen LogP contribution in [0.5, 0.6) is 0 Å². The van der Waals surface area contributed by atoms with Gasteiger partial charge in [-0.1, -0.05) is 60.7 Å². The molecule has 2 rings (SSSR count). The number of rotatable bonds is 5. The van der Waals surface area contributed by atoms with Crippen LogP contribution in [0.4, 0.5) is 0 Å². The molecule has 0 aliphatic carbocycles. The van der Waals surface area contributed by atoms with E-state index in [9.17, 15) is 0 Å². The molecule has 2 unspecified atom stereocenters. The molecule has 0 aromatic heterocycles. The fourth-order valence-corrected chi connectivity index (χ4v) is 2.60. The van der Waals surface area contributed by atoms with Gasteiger partial charge in [-0.3, -0.25) is 4.90 Å². The lowest BCUT2D eigenvalue weighted by molar-refractivity contribution is 0.150. The van der Waals surface area contributed by atoms with Crippen molar-refractivity contribution in [3.8, 4) is 0 Å². The van der Waals surface area contributed by atoms with Gasteiger partial charge in [-0.15, -0.1) is 0 Å². The second-order valence-corrected chi connectivity index (χ2v) is 5.76. The SMILES string of the molecule is CN(C)C(C)(CC(N)c1ccccc1)c1ccccc1. The first kappa shape index (κ1) is 14.8. The van der Waals surface area contributed by atoms with Crippen LogP contribution in [-0.4, -0.2) is 19.0 Å². The molecule has 0 aliphatic rings. The number of nitrogens with two attached hydrogens (primary N) is 1. The fraction of sp³-hybridized carbons (Fsp3) is 0.333. The Bertz CT molecular complexity index is 522. The average molecular weight is 268 g/mol. The molecular formula is C18H24N2. The fourth-order valence-electron chi connectivity index (χ4n) is 2.60. The zero-order chi connectivity index (χ0) is 14.6. The lowest BCUT2D eigenvalue weighted by Gasteiger charge is -2.39. The molecule has 0 heterocycles. The van der Waals surface area contributed by atoms with Crippen molar-refractivity contribution < 1.29 is 0 Å². The molecule has 2 nitrogen and oxygen atoms in total. The predicted molar refractivity (Wildman–Crippen MR) is 85.5 cm³/mol. The summed E-state index contributed by atoms with van der Waals surface area (Å²) in [6, 6.07) is 20.9. The van der Waals surface area contributed by atoms with Crippen LogP contribution in [0.3, 0.4) is 0 Å². The van der Waals surface area contributed by atoms with Gasteiger partial charge in [0.1, 0.15) is 0 Å². The third-order valence-electron chi connectivity index (χ3n) is 4.23. The van der Waals surface area contributed by atoms with E-state index in [2.05, 4.69) is 68.4 Å². The Morgan fingerprint density at radius 3 is 1.95 bits per heavy atom. The van der Waals surface area contributed by atoms with E-state index in [0.717, 1.165) is 6.42 Å². The minimum Gasteiger partial charge on any atom is -0.324 e.